The average molecular weight is 456 g/mol. The second-order valence-electron chi connectivity index (χ2n) is 6.53. The quantitative estimate of drug-likeness (QED) is 0.532. The maximum Gasteiger partial charge on any atom is 0.419 e. The Labute approximate surface area is 178 Å². The number of fused-ring (bicyclic) bond motifs is 1. The van der Waals surface area contributed by atoms with Gasteiger partial charge in [-0.3, -0.25) is 9.59 Å². The molecule has 0 bridgehead atoms. The smallest absolute Gasteiger partial charge is 0.419 e. The van der Waals surface area contributed by atoms with Gasteiger partial charge in [-0.2, -0.15) is 13.2 Å². The van der Waals surface area contributed by atoms with E-state index in [0.717, 1.165) is 23.2 Å². The molecule has 0 atom stereocenters. The first-order valence-corrected chi connectivity index (χ1v) is 9.05. The van der Waals surface area contributed by atoms with Crippen molar-refractivity contribution in [3.8, 4) is 0 Å². The summed E-state index contributed by atoms with van der Waals surface area (Å²) in [5.41, 5.74) is -1.92. The number of alkyl halides is 3. The van der Waals surface area contributed by atoms with E-state index in [4.69, 9.17) is 16.7 Å². The molecule has 0 fully saturated rings. The van der Waals surface area contributed by atoms with Crippen LogP contribution in [0.1, 0.15) is 15.9 Å². The number of rotatable bonds is 5. The van der Waals surface area contributed by atoms with Gasteiger partial charge in [0.1, 0.15) is 12.4 Å². The third-order valence-corrected chi connectivity index (χ3v) is 4.68. The molecule has 3 rings (SSSR count). The minimum atomic E-state index is -4.88. The lowest BCUT2D eigenvalue weighted by Gasteiger charge is -2.18. The number of nitrogens with one attached hydrogen (secondary N) is 1. The number of pyridine rings is 1. The van der Waals surface area contributed by atoms with Crippen molar-refractivity contribution in [3.05, 3.63) is 64.6 Å². The molecule has 162 valence electrons. The van der Waals surface area contributed by atoms with Gasteiger partial charge in [0.25, 0.3) is 5.91 Å². The Bertz CT molecular complexity index is 1180. The van der Waals surface area contributed by atoms with Crippen LogP contribution >= 0.6 is 11.6 Å². The first-order valence-electron chi connectivity index (χ1n) is 8.68. The van der Waals surface area contributed by atoms with E-state index >= 15 is 0 Å². The molecule has 1 amide bonds. The van der Waals surface area contributed by atoms with Gasteiger partial charge in [-0.25, -0.2) is 9.37 Å². The number of aliphatic carboxylic acids is 1. The van der Waals surface area contributed by atoms with Gasteiger partial charge in [-0.15, -0.1) is 0 Å². The van der Waals surface area contributed by atoms with Crippen molar-refractivity contribution in [2.75, 3.05) is 18.9 Å². The number of anilines is 2. The maximum absolute atomic E-state index is 14.4. The molecule has 0 spiro atoms. The van der Waals surface area contributed by atoms with Gasteiger partial charge in [0, 0.05) is 29.0 Å². The number of likely N-dealkylation sites (N-methyl/N-ethyl adjacent to an activating group) is 1. The number of carbonyl (C=O) groups is 2. The predicted octanol–water partition coefficient (Wildman–Crippen LogP) is 4.95. The summed E-state index contributed by atoms with van der Waals surface area (Å²) < 4.78 is 53.4. The van der Waals surface area contributed by atoms with Crippen molar-refractivity contribution >= 4 is 45.8 Å². The number of amides is 1. The highest BCUT2D eigenvalue weighted by molar-refractivity contribution is 6.37. The largest absolute Gasteiger partial charge is 0.480 e. The highest BCUT2D eigenvalue weighted by Gasteiger charge is 2.35. The maximum atomic E-state index is 14.4. The van der Waals surface area contributed by atoms with E-state index in [2.05, 4.69) is 10.3 Å². The zero-order chi connectivity index (χ0) is 22.9. The summed E-state index contributed by atoms with van der Waals surface area (Å²) in [6, 6.07) is 7.27. The zero-order valence-corrected chi connectivity index (χ0v) is 16.6. The Morgan fingerprint density at radius 1 is 1.19 bits per heavy atom. The van der Waals surface area contributed by atoms with E-state index in [1.165, 1.54) is 25.2 Å². The van der Waals surface area contributed by atoms with E-state index in [1.807, 2.05) is 0 Å². The summed E-state index contributed by atoms with van der Waals surface area (Å²) in [5.74, 6) is -3.44. The molecule has 1 aromatic heterocycles. The lowest BCUT2D eigenvalue weighted by molar-refractivity contribution is -0.140. The zero-order valence-electron chi connectivity index (χ0n) is 15.8. The third kappa shape index (κ3) is 4.53. The van der Waals surface area contributed by atoms with Gasteiger partial charge in [-0.05, 0) is 18.2 Å². The molecule has 2 N–H and O–H groups in total. The number of nitrogens with zero attached hydrogens (tertiary/aromatic N) is 2. The fourth-order valence-electron chi connectivity index (χ4n) is 2.98. The lowest BCUT2D eigenvalue weighted by Crippen LogP contribution is -2.32. The molecule has 0 unspecified atom stereocenters. The van der Waals surface area contributed by atoms with Crippen LogP contribution < -0.4 is 5.32 Å². The Balaban J connectivity index is 2.10. The number of hydrogen-bond acceptors (Lipinski definition) is 4. The molecule has 11 heteroatoms. The first kappa shape index (κ1) is 22.3. The van der Waals surface area contributed by atoms with Crippen LogP contribution in [0.3, 0.4) is 0 Å². The minimum Gasteiger partial charge on any atom is -0.480 e. The van der Waals surface area contributed by atoms with Gasteiger partial charge in [0.15, 0.2) is 5.82 Å². The molecule has 0 saturated carbocycles. The third-order valence-electron chi connectivity index (χ3n) is 4.37. The van der Waals surface area contributed by atoms with E-state index in [9.17, 15) is 27.2 Å². The molecule has 0 radical (unpaired) electrons. The van der Waals surface area contributed by atoms with Crippen LogP contribution in [0.5, 0.6) is 0 Å². The molecular formula is C20H14ClF4N3O3. The van der Waals surface area contributed by atoms with E-state index < -0.39 is 41.7 Å². The van der Waals surface area contributed by atoms with Crippen molar-refractivity contribution < 1.29 is 32.3 Å². The summed E-state index contributed by atoms with van der Waals surface area (Å²) in [4.78, 5) is 28.6. The molecule has 1 heterocycles. The van der Waals surface area contributed by atoms with Gasteiger partial charge in [0.2, 0.25) is 0 Å². The van der Waals surface area contributed by atoms with Crippen LogP contribution in [0.25, 0.3) is 10.8 Å². The van der Waals surface area contributed by atoms with Crippen LogP contribution in [-0.4, -0.2) is 40.5 Å². The molecule has 3 aromatic rings. The van der Waals surface area contributed by atoms with E-state index in [-0.39, 0.29) is 27.2 Å². The second kappa shape index (κ2) is 8.38. The summed E-state index contributed by atoms with van der Waals surface area (Å²) in [6.07, 6.45) is -3.78. The Hall–Kier alpha value is -3.40. The van der Waals surface area contributed by atoms with Crippen LogP contribution in [0, 0.1) is 5.82 Å². The van der Waals surface area contributed by atoms with Crippen molar-refractivity contribution in [3.63, 3.8) is 0 Å². The molecule has 0 aliphatic carbocycles. The van der Waals surface area contributed by atoms with Gasteiger partial charge in [0.05, 0.1) is 16.8 Å². The highest BCUT2D eigenvalue weighted by Crippen LogP contribution is 2.37. The fraction of sp³-hybridized carbons (Fsp3) is 0.150. The van der Waals surface area contributed by atoms with E-state index in [0.29, 0.717) is 6.07 Å². The molecule has 0 saturated heterocycles. The molecule has 0 aliphatic rings. The lowest BCUT2D eigenvalue weighted by atomic mass is 10.1. The Morgan fingerprint density at radius 2 is 1.87 bits per heavy atom. The number of aromatic nitrogens is 1. The van der Waals surface area contributed by atoms with Gasteiger partial charge < -0.3 is 15.3 Å². The standard InChI is InChI=1S/C20H14ClF4N3O3/c1-28(9-15(29)30)19(31)11-8-26-18(10-4-2-6-13(21)16(10)11)27-14-7-3-5-12(17(14)22)20(23,24)25/h2-8H,9H2,1H3,(H,26,27)(H,29,30). The molecule has 31 heavy (non-hydrogen) atoms. The number of carboxylic acids is 1. The summed E-state index contributed by atoms with van der Waals surface area (Å²) in [6.45, 7) is -0.569. The van der Waals surface area contributed by atoms with Gasteiger partial charge in [-0.1, -0.05) is 29.8 Å². The van der Waals surface area contributed by atoms with Crippen molar-refractivity contribution in [2.24, 2.45) is 0 Å². The summed E-state index contributed by atoms with van der Waals surface area (Å²) >= 11 is 6.24. The van der Waals surface area contributed by atoms with Crippen LogP contribution in [0.15, 0.2) is 42.6 Å². The second-order valence-corrected chi connectivity index (χ2v) is 6.93. The fourth-order valence-corrected chi connectivity index (χ4v) is 3.25. The van der Waals surface area contributed by atoms with E-state index in [1.54, 1.807) is 0 Å². The first-order chi connectivity index (χ1) is 14.5. The molecule has 2 aromatic carbocycles. The number of hydrogen-bond donors (Lipinski definition) is 2. The number of carboxylic acid groups (broad SMARTS) is 1. The molecule has 6 nitrogen and oxygen atoms in total. The SMILES string of the molecule is CN(CC(=O)O)C(=O)c1cnc(Nc2cccc(C(F)(F)F)c2F)c2cccc(Cl)c12. The normalized spacial score (nSPS) is 11.4. The summed E-state index contributed by atoms with van der Waals surface area (Å²) in [5, 5.41) is 12.0. The van der Waals surface area contributed by atoms with Crippen molar-refractivity contribution in [2.45, 2.75) is 6.18 Å². The summed E-state index contributed by atoms with van der Waals surface area (Å²) in [7, 11) is 1.28. The molecule has 0 aliphatic heterocycles. The predicted molar refractivity (Wildman–Crippen MR) is 106 cm³/mol. The number of benzene rings is 2. The monoisotopic (exact) mass is 455 g/mol. The molecular weight excluding hydrogens is 442 g/mol. The van der Waals surface area contributed by atoms with Crippen LogP contribution in [0.2, 0.25) is 5.02 Å². The highest BCUT2D eigenvalue weighted by atomic mass is 35.5. The Kier molecular flexibility index (Phi) is 6.03. The Morgan fingerprint density at radius 3 is 2.52 bits per heavy atom. The number of carbonyl (C=O) groups excluding carboxylic acids is 1. The number of halogens is 5. The topological polar surface area (TPSA) is 82.5 Å². The van der Waals surface area contributed by atoms with Crippen molar-refractivity contribution in [1.82, 2.24) is 9.88 Å². The van der Waals surface area contributed by atoms with Gasteiger partial charge >= 0.3 is 12.1 Å². The average Bonchev–Trinajstić information content (AvgIpc) is 2.68. The minimum absolute atomic E-state index is 0.0144. The van der Waals surface area contributed by atoms with Crippen LogP contribution in [0.4, 0.5) is 29.1 Å². The van der Waals surface area contributed by atoms with Crippen molar-refractivity contribution in [1.29, 1.82) is 0 Å². The van der Waals surface area contributed by atoms with Crippen LogP contribution in [-0.2, 0) is 11.0 Å².